The highest BCUT2D eigenvalue weighted by molar-refractivity contribution is 6.50. The van der Waals surface area contributed by atoms with Gasteiger partial charge in [-0.25, -0.2) is 0 Å². The van der Waals surface area contributed by atoms with Gasteiger partial charge in [0.25, 0.3) is 0 Å². The van der Waals surface area contributed by atoms with E-state index in [9.17, 15) is 0 Å². The van der Waals surface area contributed by atoms with Crippen LogP contribution in [0.1, 0.15) is 26.2 Å². The summed E-state index contributed by atoms with van der Waals surface area (Å²) >= 11 is 12.2. The number of hydrogen-bond acceptors (Lipinski definition) is 0. The summed E-state index contributed by atoms with van der Waals surface area (Å²) in [7, 11) is 0. The van der Waals surface area contributed by atoms with Crippen LogP contribution in [0.5, 0.6) is 0 Å². The number of allylic oxidation sites excluding steroid dienone is 4. The minimum atomic E-state index is -0.677. The van der Waals surface area contributed by atoms with Crippen molar-refractivity contribution < 1.29 is 0 Å². The highest BCUT2D eigenvalue weighted by Gasteiger charge is 2.30. The second-order valence-corrected chi connectivity index (χ2v) is 4.61. The van der Waals surface area contributed by atoms with Gasteiger partial charge in [0, 0.05) is 5.92 Å². The molecule has 0 radical (unpaired) electrons. The molecule has 1 aliphatic rings. The number of rotatable bonds is 3. The molecule has 0 nitrogen and oxygen atoms in total. The topological polar surface area (TPSA) is 0 Å². The molecule has 0 N–H and O–H groups in total. The third-order valence-corrected chi connectivity index (χ3v) is 2.95. The Balaban J connectivity index is 2.52. The Morgan fingerprint density at radius 2 is 2.08 bits per heavy atom. The minimum Gasteiger partial charge on any atom is -0.0963 e. The Kier molecular flexibility index (Phi) is 3.67. The predicted molar refractivity (Wildman–Crippen MR) is 55.7 cm³/mol. The average Bonchev–Trinajstić information content (AvgIpc) is 2.02. The normalized spacial score (nSPS) is 26.1. The lowest BCUT2D eigenvalue weighted by Crippen LogP contribution is -2.23. The van der Waals surface area contributed by atoms with Crippen LogP contribution in [0.2, 0.25) is 0 Å². The van der Waals surface area contributed by atoms with E-state index in [2.05, 4.69) is 13.0 Å². The van der Waals surface area contributed by atoms with E-state index in [0.29, 0.717) is 0 Å². The molecule has 12 heavy (non-hydrogen) atoms. The summed E-state index contributed by atoms with van der Waals surface area (Å²) in [6.45, 7) is 2.17. The van der Waals surface area contributed by atoms with Crippen LogP contribution in [0, 0.1) is 5.92 Å². The predicted octanol–water partition coefficient (Wildman–Crippen LogP) is 4.09. The molecule has 68 valence electrons. The molecule has 0 saturated carbocycles. The molecule has 0 aromatic carbocycles. The van der Waals surface area contributed by atoms with Gasteiger partial charge in [-0.15, -0.1) is 0 Å². The van der Waals surface area contributed by atoms with Crippen molar-refractivity contribution in [3.63, 3.8) is 0 Å². The van der Waals surface area contributed by atoms with E-state index in [1.54, 1.807) is 0 Å². The second kappa shape index (κ2) is 4.34. The molecule has 0 heterocycles. The van der Waals surface area contributed by atoms with Crippen LogP contribution in [0.3, 0.4) is 0 Å². The van der Waals surface area contributed by atoms with E-state index >= 15 is 0 Å². The second-order valence-electron chi connectivity index (χ2n) is 3.17. The molecule has 0 saturated heterocycles. The van der Waals surface area contributed by atoms with E-state index in [-0.39, 0.29) is 5.92 Å². The summed E-state index contributed by atoms with van der Waals surface area (Å²) in [5, 5.41) is 0. The zero-order chi connectivity index (χ0) is 9.03. The van der Waals surface area contributed by atoms with Gasteiger partial charge in [0.2, 0.25) is 0 Å². The van der Waals surface area contributed by atoms with Crippen molar-refractivity contribution in [1.29, 1.82) is 0 Å². The van der Waals surface area contributed by atoms with E-state index in [1.165, 1.54) is 12.8 Å². The van der Waals surface area contributed by atoms with Gasteiger partial charge in [-0.2, -0.15) is 0 Å². The SMILES string of the molecule is CCCCC1C=CC=CC1(Cl)Cl. The summed E-state index contributed by atoms with van der Waals surface area (Å²) in [5.74, 6) is 0.283. The van der Waals surface area contributed by atoms with Gasteiger partial charge >= 0.3 is 0 Å². The van der Waals surface area contributed by atoms with Crippen molar-refractivity contribution >= 4 is 23.2 Å². The van der Waals surface area contributed by atoms with Crippen molar-refractivity contribution in [2.45, 2.75) is 30.5 Å². The molecule has 0 bridgehead atoms. The molecule has 0 spiro atoms. The van der Waals surface area contributed by atoms with Gasteiger partial charge in [0.1, 0.15) is 4.33 Å². The van der Waals surface area contributed by atoms with Crippen LogP contribution in [0.25, 0.3) is 0 Å². The van der Waals surface area contributed by atoms with Crippen molar-refractivity contribution in [2.75, 3.05) is 0 Å². The molecule has 0 aliphatic heterocycles. The fraction of sp³-hybridized carbons (Fsp3) is 0.600. The summed E-state index contributed by atoms with van der Waals surface area (Å²) in [6, 6.07) is 0. The highest BCUT2D eigenvalue weighted by atomic mass is 35.5. The Bertz CT molecular complexity index is 192. The van der Waals surface area contributed by atoms with Gasteiger partial charge in [-0.05, 0) is 12.5 Å². The zero-order valence-corrected chi connectivity index (χ0v) is 8.78. The number of hydrogen-bond donors (Lipinski definition) is 0. The number of halogens is 2. The van der Waals surface area contributed by atoms with Crippen LogP contribution < -0.4 is 0 Å². The molecule has 2 heteroatoms. The quantitative estimate of drug-likeness (QED) is 0.608. The highest BCUT2D eigenvalue weighted by Crippen LogP contribution is 2.38. The van der Waals surface area contributed by atoms with Crippen molar-refractivity contribution in [1.82, 2.24) is 0 Å². The van der Waals surface area contributed by atoms with E-state index in [1.807, 2.05) is 18.2 Å². The molecule has 1 unspecified atom stereocenters. The molecule has 1 atom stereocenters. The Labute approximate surface area is 84.2 Å². The maximum absolute atomic E-state index is 6.10. The van der Waals surface area contributed by atoms with Gasteiger partial charge in [-0.1, -0.05) is 61.2 Å². The molecule has 1 aliphatic carbocycles. The largest absolute Gasteiger partial charge is 0.142 e. The Morgan fingerprint density at radius 3 is 2.67 bits per heavy atom. The first-order valence-corrected chi connectivity index (χ1v) is 5.16. The summed E-state index contributed by atoms with van der Waals surface area (Å²) in [6.07, 6.45) is 11.3. The van der Waals surface area contributed by atoms with Gasteiger partial charge in [0.05, 0.1) is 0 Å². The van der Waals surface area contributed by atoms with Crippen molar-refractivity contribution in [3.8, 4) is 0 Å². The lowest BCUT2D eigenvalue weighted by Gasteiger charge is -2.26. The summed E-state index contributed by atoms with van der Waals surface area (Å²) in [4.78, 5) is 0. The van der Waals surface area contributed by atoms with Gasteiger partial charge in [0.15, 0.2) is 0 Å². The van der Waals surface area contributed by atoms with Crippen LogP contribution in [0.4, 0.5) is 0 Å². The van der Waals surface area contributed by atoms with Gasteiger partial charge < -0.3 is 0 Å². The third-order valence-electron chi connectivity index (χ3n) is 2.14. The monoisotopic (exact) mass is 204 g/mol. The van der Waals surface area contributed by atoms with Gasteiger partial charge in [-0.3, -0.25) is 0 Å². The first kappa shape index (κ1) is 10.1. The van der Waals surface area contributed by atoms with Crippen LogP contribution in [-0.4, -0.2) is 4.33 Å². The fourth-order valence-electron chi connectivity index (χ4n) is 1.35. The minimum absolute atomic E-state index is 0.283. The fourth-order valence-corrected chi connectivity index (χ4v) is 1.86. The third kappa shape index (κ3) is 2.53. The molecule has 1 rings (SSSR count). The molecular weight excluding hydrogens is 191 g/mol. The van der Waals surface area contributed by atoms with E-state index < -0.39 is 4.33 Å². The Morgan fingerprint density at radius 1 is 1.33 bits per heavy atom. The first-order valence-electron chi connectivity index (χ1n) is 4.40. The van der Waals surface area contributed by atoms with E-state index in [0.717, 1.165) is 6.42 Å². The van der Waals surface area contributed by atoms with Crippen LogP contribution >= 0.6 is 23.2 Å². The molecule has 0 amide bonds. The maximum Gasteiger partial charge on any atom is 0.142 e. The average molecular weight is 205 g/mol. The van der Waals surface area contributed by atoms with E-state index in [4.69, 9.17) is 23.2 Å². The summed E-state index contributed by atoms with van der Waals surface area (Å²) < 4.78 is -0.677. The molecule has 0 fully saturated rings. The standard InChI is InChI=1S/C10H14Cl2/c1-2-3-6-9-7-4-5-8-10(9,11)12/h4-5,7-9H,2-3,6H2,1H3. The molecular formula is C10H14Cl2. The van der Waals surface area contributed by atoms with Crippen LogP contribution in [-0.2, 0) is 0 Å². The molecule has 0 aromatic heterocycles. The Hall–Kier alpha value is 0.0600. The summed E-state index contributed by atoms with van der Waals surface area (Å²) in [5.41, 5.74) is 0. The lowest BCUT2D eigenvalue weighted by atomic mass is 9.94. The zero-order valence-electron chi connectivity index (χ0n) is 7.26. The molecule has 0 aromatic rings. The maximum atomic E-state index is 6.10. The van der Waals surface area contributed by atoms with Crippen LogP contribution in [0.15, 0.2) is 24.3 Å². The lowest BCUT2D eigenvalue weighted by molar-refractivity contribution is 0.537. The first-order chi connectivity index (χ1) is 5.67. The van der Waals surface area contributed by atoms with Crippen molar-refractivity contribution in [2.24, 2.45) is 5.92 Å². The number of alkyl halides is 2. The smallest absolute Gasteiger partial charge is 0.0963 e. The van der Waals surface area contributed by atoms with Crippen molar-refractivity contribution in [3.05, 3.63) is 24.3 Å². The number of unbranched alkanes of at least 4 members (excludes halogenated alkanes) is 1.